The Morgan fingerprint density at radius 3 is 2.59 bits per heavy atom. The van der Waals surface area contributed by atoms with E-state index in [1.54, 1.807) is 25.7 Å². The molecule has 0 saturated heterocycles. The summed E-state index contributed by atoms with van der Waals surface area (Å²) in [7, 11) is 1.66. The van der Waals surface area contributed by atoms with Crippen LogP contribution in [0.25, 0.3) is 22.5 Å². The third kappa shape index (κ3) is 5.41. The second-order valence-corrected chi connectivity index (χ2v) is 8.50. The molecule has 4 rings (SSSR count). The third-order valence-electron chi connectivity index (χ3n) is 5.51. The van der Waals surface area contributed by atoms with Gasteiger partial charge in [0.2, 0.25) is 0 Å². The molecule has 6 nitrogen and oxygen atoms in total. The highest BCUT2D eigenvalue weighted by atomic mass is 127. The van der Waals surface area contributed by atoms with Crippen LogP contribution in [-0.4, -0.2) is 28.0 Å². The lowest BCUT2D eigenvalue weighted by atomic mass is 10.0. The number of aromatic nitrogens is 3. The Bertz CT molecular complexity index is 1300. The molecule has 0 spiro atoms. The highest BCUT2D eigenvalue weighted by Crippen LogP contribution is 2.27. The summed E-state index contributed by atoms with van der Waals surface area (Å²) >= 11 is 2.31. The fourth-order valence-electron chi connectivity index (χ4n) is 3.69. The van der Waals surface area contributed by atoms with Crippen molar-refractivity contribution in [1.29, 1.82) is 0 Å². The second-order valence-electron chi connectivity index (χ2n) is 7.73. The van der Waals surface area contributed by atoms with Gasteiger partial charge in [0.15, 0.2) is 0 Å². The smallest absolute Gasteiger partial charge is 0.253 e. The van der Waals surface area contributed by atoms with Gasteiger partial charge in [0.25, 0.3) is 5.91 Å². The van der Waals surface area contributed by atoms with Crippen molar-refractivity contribution in [3.05, 3.63) is 95.6 Å². The molecule has 4 aromatic rings. The standard InChI is InChI=1S/C27H25IN4O2/c1-3-20-8-7-18(11-25(20)34-2)15-32-27(33)23-12-22(21-10-19(13-28)14-29-16-21)17-31-26(23)24-6-4-5-9-30-24/h4-12,14,16-17H,3,13,15H2,1-2H3,(H,32,33). The van der Waals surface area contributed by atoms with E-state index >= 15 is 0 Å². The van der Waals surface area contributed by atoms with Crippen molar-refractivity contribution in [3.63, 3.8) is 0 Å². The number of carbonyl (C=O) groups is 1. The Kier molecular flexibility index (Phi) is 7.84. The Labute approximate surface area is 213 Å². The number of nitrogens with one attached hydrogen (secondary N) is 1. The summed E-state index contributed by atoms with van der Waals surface area (Å²) in [5.41, 5.74) is 6.61. The van der Waals surface area contributed by atoms with E-state index in [1.807, 2.05) is 48.7 Å². The van der Waals surface area contributed by atoms with Crippen LogP contribution in [0.1, 0.15) is 34.0 Å². The van der Waals surface area contributed by atoms with E-state index in [4.69, 9.17) is 4.74 Å². The number of methoxy groups -OCH3 is 1. The van der Waals surface area contributed by atoms with E-state index in [-0.39, 0.29) is 5.91 Å². The van der Waals surface area contributed by atoms with Crippen LogP contribution in [0.5, 0.6) is 5.75 Å². The second kappa shape index (κ2) is 11.2. The van der Waals surface area contributed by atoms with Crippen LogP contribution in [0.4, 0.5) is 0 Å². The predicted molar refractivity (Wildman–Crippen MR) is 142 cm³/mol. The SMILES string of the molecule is CCc1ccc(CNC(=O)c2cc(-c3cncc(CI)c3)cnc2-c2ccccn2)cc1OC. The summed E-state index contributed by atoms with van der Waals surface area (Å²) in [5.74, 6) is 0.612. The number of pyridine rings is 3. The van der Waals surface area contributed by atoms with Crippen LogP contribution in [0.3, 0.4) is 0 Å². The average molecular weight is 564 g/mol. The first-order valence-corrected chi connectivity index (χ1v) is 12.5. The van der Waals surface area contributed by atoms with Crippen LogP contribution in [0.15, 0.2) is 73.3 Å². The zero-order chi connectivity index (χ0) is 23.9. The molecule has 0 aliphatic heterocycles. The van der Waals surface area contributed by atoms with Crippen molar-refractivity contribution in [1.82, 2.24) is 20.3 Å². The fourth-order valence-corrected chi connectivity index (χ4v) is 4.11. The normalized spacial score (nSPS) is 10.7. The Morgan fingerprint density at radius 1 is 1.00 bits per heavy atom. The molecule has 172 valence electrons. The summed E-state index contributed by atoms with van der Waals surface area (Å²) in [6, 6.07) is 15.5. The van der Waals surface area contributed by atoms with Gasteiger partial charge in [-0.1, -0.05) is 47.7 Å². The zero-order valence-electron chi connectivity index (χ0n) is 19.1. The molecular formula is C27H25IN4O2. The van der Waals surface area contributed by atoms with Crippen molar-refractivity contribution in [3.8, 4) is 28.3 Å². The van der Waals surface area contributed by atoms with E-state index < -0.39 is 0 Å². The Balaban J connectivity index is 1.67. The molecular weight excluding hydrogens is 539 g/mol. The highest BCUT2D eigenvalue weighted by Gasteiger charge is 2.17. The maximum absolute atomic E-state index is 13.4. The highest BCUT2D eigenvalue weighted by molar-refractivity contribution is 14.1. The molecule has 3 aromatic heterocycles. The molecule has 0 bridgehead atoms. The maximum Gasteiger partial charge on any atom is 0.253 e. The molecule has 0 radical (unpaired) electrons. The van der Waals surface area contributed by atoms with Gasteiger partial charge in [0.05, 0.1) is 18.4 Å². The number of halogens is 1. The van der Waals surface area contributed by atoms with Crippen molar-refractivity contribution in [2.75, 3.05) is 7.11 Å². The number of alkyl halides is 1. The molecule has 0 saturated carbocycles. The zero-order valence-corrected chi connectivity index (χ0v) is 21.2. The predicted octanol–water partition coefficient (Wildman–Crippen LogP) is 5.64. The summed E-state index contributed by atoms with van der Waals surface area (Å²) in [4.78, 5) is 26.7. The fraction of sp³-hybridized carbons (Fsp3) is 0.185. The van der Waals surface area contributed by atoms with Gasteiger partial charge in [-0.2, -0.15) is 0 Å². The van der Waals surface area contributed by atoms with Crippen LogP contribution < -0.4 is 10.1 Å². The number of hydrogen-bond donors (Lipinski definition) is 1. The minimum Gasteiger partial charge on any atom is -0.496 e. The molecule has 1 amide bonds. The van der Waals surface area contributed by atoms with Gasteiger partial charge in [-0.15, -0.1) is 0 Å². The van der Waals surface area contributed by atoms with E-state index in [9.17, 15) is 4.79 Å². The number of hydrogen-bond acceptors (Lipinski definition) is 5. The van der Waals surface area contributed by atoms with Crippen LogP contribution in [0, 0.1) is 0 Å². The number of carbonyl (C=O) groups excluding carboxylic acids is 1. The van der Waals surface area contributed by atoms with Gasteiger partial charge in [0.1, 0.15) is 11.4 Å². The first-order valence-electron chi connectivity index (χ1n) is 11.0. The molecule has 0 fully saturated rings. The van der Waals surface area contributed by atoms with Crippen LogP contribution >= 0.6 is 22.6 Å². The number of benzene rings is 1. The number of rotatable bonds is 8. The maximum atomic E-state index is 13.4. The van der Waals surface area contributed by atoms with E-state index in [1.165, 1.54) is 0 Å². The monoisotopic (exact) mass is 564 g/mol. The molecule has 7 heteroatoms. The van der Waals surface area contributed by atoms with Crippen molar-refractivity contribution < 1.29 is 9.53 Å². The van der Waals surface area contributed by atoms with Gasteiger partial charge in [-0.05, 0) is 53.4 Å². The largest absolute Gasteiger partial charge is 0.496 e. The third-order valence-corrected chi connectivity index (χ3v) is 6.39. The summed E-state index contributed by atoms with van der Waals surface area (Å²) in [6.45, 7) is 2.46. The van der Waals surface area contributed by atoms with Gasteiger partial charge >= 0.3 is 0 Å². The molecule has 0 atom stereocenters. The van der Waals surface area contributed by atoms with Gasteiger partial charge in [-0.3, -0.25) is 19.7 Å². The first-order chi connectivity index (χ1) is 16.6. The molecule has 1 aromatic carbocycles. The van der Waals surface area contributed by atoms with E-state index in [0.717, 1.165) is 44.4 Å². The number of nitrogens with zero attached hydrogens (tertiary/aromatic N) is 3. The van der Waals surface area contributed by atoms with Crippen LogP contribution in [-0.2, 0) is 17.4 Å². The lowest BCUT2D eigenvalue weighted by Gasteiger charge is -2.13. The van der Waals surface area contributed by atoms with Crippen LogP contribution in [0.2, 0.25) is 0 Å². The Morgan fingerprint density at radius 2 is 1.85 bits per heavy atom. The topological polar surface area (TPSA) is 77.0 Å². The molecule has 0 aliphatic rings. The quantitative estimate of drug-likeness (QED) is 0.222. The lowest BCUT2D eigenvalue weighted by Crippen LogP contribution is -2.24. The molecule has 3 heterocycles. The number of amides is 1. The summed E-state index contributed by atoms with van der Waals surface area (Å²) in [5, 5.41) is 3.04. The molecule has 1 N–H and O–H groups in total. The number of ether oxygens (including phenoxy) is 1. The summed E-state index contributed by atoms with van der Waals surface area (Å²) < 4.78 is 6.34. The first kappa shape index (κ1) is 23.8. The minimum absolute atomic E-state index is 0.216. The lowest BCUT2D eigenvalue weighted by molar-refractivity contribution is 0.0951. The number of aryl methyl sites for hydroxylation is 1. The van der Waals surface area contributed by atoms with E-state index in [0.29, 0.717) is 23.5 Å². The van der Waals surface area contributed by atoms with Crippen molar-refractivity contribution >= 4 is 28.5 Å². The molecule has 0 aliphatic carbocycles. The van der Waals surface area contributed by atoms with Gasteiger partial charge < -0.3 is 10.1 Å². The summed E-state index contributed by atoms with van der Waals surface area (Å²) in [6.07, 6.45) is 7.98. The van der Waals surface area contributed by atoms with E-state index in [2.05, 4.69) is 55.8 Å². The molecule has 0 unspecified atom stereocenters. The molecule has 34 heavy (non-hydrogen) atoms. The van der Waals surface area contributed by atoms with Crippen molar-refractivity contribution in [2.45, 2.75) is 24.3 Å². The average Bonchev–Trinajstić information content (AvgIpc) is 2.91. The Hall–Kier alpha value is -3.33. The minimum atomic E-state index is -0.216. The van der Waals surface area contributed by atoms with Gasteiger partial charge in [-0.25, -0.2) is 0 Å². The van der Waals surface area contributed by atoms with Crippen molar-refractivity contribution in [2.24, 2.45) is 0 Å². The van der Waals surface area contributed by atoms with Gasteiger partial charge in [0, 0.05) is 46.9 Å².